The number of amides is 1. The van der Waals surface area contributed by atoms with E-state index in [1.165, 1.54) is 6.20 Å². The molecular weight excluding hydrogens is 237 g/mol. The van der Waals surface area contributed by atoms with Crippen molar-refractivity contribution in [2.75, 3.05) is 13.1 Å². The van der Waals surface area contributed by atoms with Gasteiger partial charge in [0.05, 0.1) is 25.3 Å². The number of nitrogens with one attached hydrogen (secondary N) is 3. The van der Waals surface area contributed by atoms with Crippen LogP contribution in [-0.2, 0) is 4.79 Å². The molecule has 0 saturated heterocycles. The lowest BCUT2D eigenvalue weighted by Crippen LogP contribution is -2.39. The number of nitrogens with zero attached hydrogens (tertiary/aromatic N) is 1. The third-order valence-corrected chi connectivity index (χ3v) is 2.01. The number of carbonyl (C=O) groups is 1. The lowest BCUT2D eigenvalue weighted by atomic mass is 10.2. The van der Waals surface area contributed by atoms with Crippen molar-refractivity contribution in [3.05, 3.63) is 18.0 Å². The van der Waals surface area contributed by atoms with Crippen LogP contribution in [0.15, 0.2) is 12.4 Å². The summed E-state index contributed by atoms with van der Waals surface area (Å²) < 4.78 is 35.4. The van der Waals surface area contributed by atoms with E-state index in [1.54, 1.807) is 13.1 Å². The van der Waals surface area contributed by atoms with E-state index in [0.29, 0.717) is 0 Å². The highest BCUT2D eigenvalue weighted by molar-refractivity contribution is 5.78. The van der Waals surface area contributed by atoms with E-state index in [1.807, 2.05) is 5.32 Å². The highest BCUT2D eigenvalue weighted by Gasteiger charge is 2.26. The largest absolute Gasteiger partial charge is 0.401 e. The van der Waals surface area contributed by atoms with Crippen molar-refractivity contribution in [2.24, 2.45) is 0 Å². The highest BCUT2D eigenvalue weighted by atomic mass is 19.4. The Morgan fingerprint density at radius 3 is 2.82 bits per heavy atom. The Hall–Kier alpha value is -1.57. The molecule has 1 aromatic rings. The number of hydrogen-bond donors (Lipinski definition) is 3. The molecule has 0 spiro atoms. The first kappa shape index (κ1) is 13.5. The van der Waals surface area contributed by atoms with Crippen molar-refractivity contribution < 1.29 is 18.0 Å². The summed E-state index contributed by atoms with van der Waals surface area (Å²) in [4.78, 5) is 11.3. The molecule has 3 N–H and O–H groups in total. The Kier molecular flexibility index (Phi) is 4.50. The summed E-state index contributed by atoms with van der Waals surface area (Å²) in [5.74, 6) is -0.497. The fraction of sp³-hybridized carbons (Fsp3) is 0.556. The molecule has 1 unspecified atom stereocenters. The summed E-state index contributed by atoms with van der Waals surface area (Å²) in [7, 11) is 0. The van der Waals surface area contributed by atoms with Gasteiger partial charge in [-0.3, -0.25) is 9.89 Å². The molecular formula is C9H13F3N4O. The molecule has 0 saturated carbocycles. The summed E-state index contributed by atoms with van der Waals surface area (Å²) in [5.41, 5.74) is 0.758. The summed E-state index contributed by atoms with van der Waals surface area (Å²) in [6, 6.07) is -0.297. The first-order chi connectivity index (χ1) is 7.88. The zero-order valence-electron chi connectivity index (χ0n) is 9.14. The number of alkyl halides is 3. The third-order valence-electron chi connectivity index (χ3n) is 2.01. The molecule has 1 aromatic heterocycles. The molecule has 0 radical (unpaired) electrons. The maximum atomic E-state index is 11.8. The first-order valence-electron chi connectivity index (χ1n) is 4.94. The van der Waals surface area contributed by atoms with Crippen LogP contribution in [-0.4, -0.2) is 35.4 Å². The van der Waals surface area contributed by atoms with Crippen LogP contribution in [0.25, 0.3) is 0 Å². The standard InChI is InChI=1S/C9H13F3N4O/c1-6(7-2-14-15-3-7)16-8(17)4-13-5-9(10,11)12/h2-3,6,13H,4-5H2,1H3,(H,14,15)(H,16,17). The molecule has 8 heteroatoms. The number of carbonyl (C=O) groups excluding carboxylic acids is 1. The second-order valence-electron chi connectivity index (χ2n) is 3.54. The molecule has 0 aliphatic rings. The number of rotatable bonds is 5. The zero-order valence-corrected chi connectivity index (χ0v) is 9.14. The van der Waals surface area contributed by atoms with Crippen LogP contribution in [0.1, 0.15) is 18.5 Å². The smallest absolute Gasteiger partial charge is 0.348 e. The van der Waals surface area contributed by atoms with Crippen LogP contribution in [0.5, 0.6) is 0 Å². The predicted octanol–water partition coefficient (Wildman–Crippen LogP) is 0.739. The fourth-order valence-corrected chi connectivity index (χ4v) is 1.19. The lowest BCUT2D eigenvalue weighted by molar-refractivity contribution is -0.128. The Balaban J connectivity index is 2.26. The molecule has 96 valence electrons. The summed E-state index contributed by atoms with van der Waals surface area (Å²) in [5, 5.41) is 10.8. The minimum absolute atomic E-state index is 0.297. The van der Waals surface area contributed by atoms with E-state index >= 15 is 0 Å². The van der Waals surface area contributed by atoms with Gasteiger partial charge in [0.1, 0.15) is 0 Å². The second kappa shape index (κ2) is 5.67. The normalized spacial score (nSPS) is 13.4. The Morgan fingerprint density at radius 2 is 2.29 bits per heavy atom. The molecule has 1 rings (SSSR count). The third kappa shape index (κ3) is 5.34. The number of halogens is 3. The SMILES string of the molecule is CC(NC(=O)CNCC(F)(F)F)c1cn[nH]c1. The van der Waals surface area contributed by atoms with Crippen molar-refractivity contribution in [1.29, 1.82) is 0 Å². The molecule has 0 fully saturated rings. The van der Waals surface area contributed by atoms with E-state index in [2.05, 4.69) is 15.5 Å². The van der Waals surface area contributed by atoms with Gasteiger partial charge in [0.25, 0.3) is 0 Å². The van der Waals surface area contributed by atoms with Gasteiger partial charge in [0.15, 0.2) is 0 Å². The minimum Gasteiger partial charge on any atom is -0.348 e. The lowest BCUT2D eigenvalue weighted by Gasteiger charge is -2.13. The number of aromatic nitrogens is 2. The Bertz CT molecular complexity index is 350. The fourth-order valence-electron chi connectivity index (χ4n) is 1.19. The van der Waals surface area contributed by atoms with Crippen molar-refractivity contribution in [1.82, 2.24) is 20.8 Å². The molecule has 0 aliphatic heterocycles. The van der Waals surface area contributed by atoms with Crippen LogP contribution in [0, 0.1) is 0 Å². The van der Waals surface area contributed by atoms with Gasteiger partial charge in [-0.1, -0.05) is 0 Å². The number of aromatic amines is 1. The van der Waals surface area contributed by atoms with Crippen LogP contribution in [0.4, 0.5) is 13.2 Å². The predicted molar refractivity (Wildman–Crippen MR) is 54.1 cm³/mol. The monoisotopic (exact) mass is 250 g/mol. The summed E-state index contributed by atoms with van der Waals surface area (Å²) >= 11 is 0. The molecule has 1 amide bonds. The first-order valence-corrected chi connectivity index (χ1v) is 4.94. The molecule has 0 aromatic carbocycles. The maximum absolute atomic E-state index is 11.8. The van der Waals surface area contributed by atoms with Crippen molar-refractivity contribution >= 4 is 5.91 Å². The van der Waals surface area contributed by atoms with Crippen molar-refractivity contribution in [3.8, 4) is 0 Å². The van der Waals surface area contributed by atoms with Gasteiger partial charge in [0, 0.05) is 11.8 Å². The molecule has 1 atom stereocenters. The van der Waals surface area contributed by atoms with E-state index in [0.717, 1.165) is 5.56 Å². The average molecular weight is 250 g/mol. The van der Waals surface area contributed by atoms with Crippen molar-refractivity contribution in [3.63, 3.8) is 0 Å². The van der Waals surface area contributed by atoms with Crippen LogP contribution in [0.2, 0.25) is 0 Å². The van der Waals surface area contributed by atoms with Gasteiger partial charge >= 0.3 is 6.18 Å². The van der Waals surface area contributed by atoms with Gasteiger partial charge < -0.3 is 10.6 Å². The molecule has 0 bridgehead atoms. The molecule has 1 heterocycles. The average Bonchev–Trinajstić information content (AvgIpc) is 2.67. The van der Waals surface area contributed by atoms with Crippen LogP contribution in [0.3, 0.4) is 0 Å². The van der Waals surface area contributed by atoms with Gasteiger partial charge in [-0.15, -0.1) is 0 Å². The van der Waals surface area contributed by atoms with Gasteiger partial charge in [-0.05, 0) is 6.92 Å². The molecule has 17 heavy (non-hydrogen) atoms. The van der Waals surface area contributed by atoms with E-state index in [-0.39, 0.29) is 12.6 Å². The Morgan fingerprint density at radius 1 is 1.59 bits per heavy atom. The second-order valence-corrected chi connectivity index (χ2v) is 3.54. The van der Waals surface area contributed by atoms with Crippen LogP contribution >= 0.6 is 0 Å². The number of hydrogen-bond acceptors (Lipinski definition) is 3. The maximum Gasteiger partial charge on any atom is 0.401 e. The van der Waals surface area contributed by atoms with Gasteiger partial charge in [-0.25, -0.2) is 0 Å². The number of H-pyrrole nitrogens is 1. The van der Waals surface area contributed by atoms with Gasteiger partial charge in [0.2, 0.25) is 5.91 Å². The molecule has 0 aliphatic carbocycles. The van der Waals surface area contributed by atoms with E-state index in [4.69, 9.17) is 0 Å². The van der Waals surface area contributed by atoms with E-state index < -0.39 is 18.6 Å². The van der Waals surface area contributed by atoms with Crippen LogP contribution < -0.4 is 10.6 Å². The zero-order chi connectivity index (χ0) is 12.9. The minimum atomic E-state index is -4.31. The quantitative estimate of drug-likeness (QED) is 0.722. The van der Waals surface area contributed by atoms with Crippen molar-refractivity contribution in [2.45, 2.75) is 19.1 Å². The Labute approximate surface area is 95.8 Å². The summed E-state index contributed by atoms with van der Waals surface area (Å²) in [6.07, 6.45) is -1.17. The van der Waals surface area contributed by atoms with Gasteiger partial charge in [-0.2, -0.15) is 18.3 Å². The van der Waals surface area contributed by atoms with E-state index in [9.17, 15) is 18.0 Å². The molecule has 5 nitrogen and oxygen atoms in total. The highest BCUT2D eigenvalue weighted by Crippen LogP contribution is 2.12. The topological polar surface area (TPSA) is 69.8 Å². The summed E-state index contributed by atoms with van der Waals surface area (Å²) in [6.45, 7) is 0.161.